The van der Waals surface area contributed by atoms with E-state index < -0.39 is 0 Å². The standard InChI is InChI=1S/C10H12N2O.C6H16Si/c11-8-2-1-3-9(6-8)12-10(13)7-4-5-7;1-4-7(5-2)6-3/h1-3,6-7H,4-5,11H2,(H,12,13);7H,4-6H2,1-3H3. The van der Waals surface area contributed by atoms with E-state index in [1.54, 1.807) is 12.1 Å². The Morgan fingerprint density at radius 2 is 1.85 bits per heavy atom. The van der Waals surface area contributed by atoms with Crippen LogP contribution in [-0.4, -0.2) is 14.7 Å². The molecule has 20 heavy (non-hydrogen) atoms. The second-order valence-corrected chi connectivity index (χ2v) is 9.66. The Hall–Kier alpha value is -1.29. The van der Waals surface area contributed by atoms with Crippen molar-refractivity contribution in [2.45, 2.75) is 51.7 Å². The van der Waals surface area contributed by atoms with E-state index in [0.29, 0.717) is 5.69 Å². The molecule has 0 heterocycles. The van der Waals surface area contributed by atoms with E-state index >= 15 is 0 Å². The molecule has 112 valence electrons. The third-order valence-corrected chi connectivity index (χ3v) is 7.30. The van der Waals surface area contributed by atoms with Crippen molar-refractivity contribution in [3.63, 3.8) is 0 Å². The van der Waals surface area contributed by atoms with E-state index in [-0.39, 0.29) is 20.6 Å². The molecular weight excluding hydrogens is 264 g/mol. The lowest BCUT2D eigenvalue weighted by atomic mass is 10.2. The fraction of sp³-hybridized carbons (Fsp3) is 0.562. The molecular formula is C16H28N2OSi. The smallest absolute Gasteiger partial charge is 0.227 e. The number of nitrogens with one attached hydrogen (secondary N) is 1. The Morgan fingerprint density at radius 1 is 1.25 bits per heavy atom. The van der Waals surface area contributed by atoms with Gasteiger partial charge in [0.15, 0.2) is 0 Å². The van der Waals surface area contributed by atoms with Gasteiger partial charge in [0.1, 0.15) is 0 Å². The van der Waals surface area contributed by atoms with Gasteiger partial charge in [0.05, 0.1) is 0 Å². The fourth-order valence-electron chi connectivity index (χ4n) is 2.07. The quantitative estimate of drug-likeness (QED) is 0.639. The summed E-state index contributed by atoms with van der Waals surface area (Å²) in [5.41, 5.74) is 7.04. The van der Waals surface area contributed by atoms with Crippen LogP contribution in [0.1, 0.15) is 33.6 Å². The van der Waals surface area contributed by atoms with E-state index in [2.05, 4.69) is 26.1 Å². The van der Waals surface area contributed by atoms with Gasteiger partial charge in [-0.05, 0) is 31.0 Å². The molecule has 1 amide bonds. The van der Waals surface area contributed by atoms with Gasteiger partial charge in [-0.15, -0.1) is 0 Å². The van der Waals surface area contributed by atoms with Gasteiger partial charge in [-0.25, -0.2) is 0 Å². The van der Waals surface area contributed by atoms with Gasteiger partial charge >= 0.3 is 0 Å². The molecule has 0 unspecified atom stereocenters. The topological polar surface area (TPSA) is 55.1 Å². The van der Waals surface area contributed by atoms with Crippen LogP contribution in [-0.2, 0) is 4.79 Å². The number of carbonyl (C=O) groups excluding carboxylic acids is 1. The molecule has 1 fully saturated rings. The molecule has 0 aromatic heterocycles. The van der Waals surface area contributed by atoms with Gasteiger partial charge < -0.3 is 11.1 Å². The zero-order valence-electron chi connectivity index (χ0n) is 13.0. The van der Waals surface area contributed by atoms with Crippen LogP contribution in [0.2, 0.25) is 18.1 Å². The molecule has 0 atom stereocenters. The molecule has 4 heteroatoms. The minimum atomic E-state index is -0.171. The monoisotopic (exact) mass is 292 g/mol. The molecule has 3 nitrogen and oxygen atoms in total. The van der Waals surface area contributed by atoms with Crippen molar-refractivity contribution in [2.75, 3.05) is 11.1 Å². The highest BCUT2D eigenvalue weighted by molar-refractivity contribution is 6.58. The summed E-state index contributed by atoms with van der Waals surface area (Å²) in [6.45, 7) is 6.97. The third kappa shape index (κ3) is 6.24. The Labute approximate surface area is 124 Å². The molecule has 1 aliphatic carbocycles. The van der Waals surface area contributed by atoms with E-state index in [1.807, 2.05) is 12.1 Å². The lowest BCUT2D eigenvalue weighted by Crippen LogP contribution is -2.13. The third-order valence-electron chi connectivity index (χ3n) is 3.83. The highest BCUT2D eigenvalue weighted by Crippen LogP contribution is 2.30. The summed E-state index contributed by atoms with van der Waals surface area (Å²) in [5.74, 6) is 0.354. The highest BCUT2D eigenvalue weighted by Gasteiger charge is 2.29. The van der Waals surface area contributed by atoms with Gasteiger partial charge in [-0.3, -0.25) is 4.79 Å². The average molecular weight is 292 g/mol. The number of carbonyl (C=O) groups is 1. The number of nitrogens with two attached hydrogens (primary N) is 1. The normalized spacial score (nSPS) is 13.6. The van der Waals surface area contributed by atoms with Crippen molar-refractivity contribution in [3.05, 3.63) is 24.3 Å². The van der Waals surface area contributed by atoms with E-state index in [4.69, 9.17) is 5.73 Å². The summed E-state index contributed by atoms with van der Waals surface area (Å²) < 4.78 is 0. The van der Waals surface area contributed by atoms with Crippen LogP contribution >= 0.6 is 0 Å². The molecule has 0 radical (unpaired) electrons. The average Bonchev–Trinajstić information content (AvgIpc) is 3.26. The zero-order valence-corrected chi connectivity index (χ0v) is 14.1. The number of hydrogen-bond acceptors (Lipinski definition) is 2. The molecule has 1 aromatic rings. The highest BCUT2D eigenvalue weighted by atomic mass is 28.3. The Kier molecular flexibility index (Phi) is 7.37. The summed E-state index contributed by atoms with van der Waals surface area (Å²) in [6.07, 6.45) is 2.04. The molecule has 1 aliphatic rings. The van der Waals surface area contributed by atoms with Crippen LogP contribution in [0.5, 0.6) is 0 Å². The SMILES string of the molecule is CC[SiH](CC)CC.Nc1cccc(NC(=O)C2CC2)c1. The predicted molar refractivity (Wildman–Crippen MR) is 90.8 cm³/mol. The molecule has 0 bridgehead atoms. The van der Waals surface area contributed by atoms with Gasteiger partial charge in [-0.2, -0.15) is 0 Å². The zero-order chi connectivity index (χ0) is 15.0. The van der Waals surface area contributed by atoms with Crippen molar-refractivity contribution in [3.8, 4) is 0 Å². The number of rotatable bonds is 5. The first-order valence-electron chi connectivity index (χ1n) is 7.77. The molecule has 0 spiro atoms. The van der Waals surface area contributed by atoms with Crippen LogP contribution in [0.15, 0.2) is 24.3 Å². The summed E-state index contributed by atoms with van der Waals surface area (Å²) >= 11 is 0. The Morgan fingerprint density at radius 3 is 2.25 bits per heavy atom. The number of amides is 1. The number of anilines is 2. The van der Waals surface area contributed by atoms with E-state index in [9.17, 15) is 4.79 Å². The first kappa shape index (κ1) is 16.8. The lowest BCUT2D eigenvalue weighted by Gasteiger charge is -2.03. The van der Waals surface area contributed by atoms with Crippen LogP contribution in [0, 0.1) is 5.92 Å². The number of benzene rings is 1. The fourth-order valence-corrected chi connectivity index (χ4v) is 3.80. The summed E-state index contributed by atoms with van der Waals surface area (Å²) in [5, 5.41) is 2.83. The molecule has 1 aromatic carbocycles. The summed E-state index contributed by atoms with van der Waals surface area (Å²) in [7, 11) is -0.171. The van der Waals surface area contributed by atoms with E-state index in [1.165, 1.54) is 18.1 Å². The minimum Gasteiger partial charge on any atom is -0.399 e. The number of hydrogen-bond donors (Lipinski definition) is 2. The summed E-state index contributed by atoms with van der Waals surface area (Å²) in [6, 6.07) is 11.7. The Balaban J connectivity index is 0.000000246. The van der Waals surface area contributed by atoms with Crippen molar-refractivity contribution in [1.82, 2.24) is 0 Å². The largest absolute Gasteiger partial charge is 0.399 e. The van der Waals surface area contributed by atoms with Crippen molar-refractivity contribution < 1.29 is 4.79 Å². The van der Waals surface area contributed by atoms with Crippen LogP contribution in [0.25, 0.3) is 0 Å². The molecule has 2 rings (SSSR count). The van der Waals surface area contributed by atoms with Crippen molar-refractivity contribution >= 4 is 26.1 Å². The lowest BCUT2D eigenvalue weighted by molar-refractivity contribution is -0.117. The van der Waals surface area contributed by atoms with Crippen molar-refractivity contribution in [1.29, 1.82) is 0 Å². The van der Waals surface area contributed by atoms with Gasteiger partial charge in [0.25, 0.3) is 0 Å². The Bertz CT molecular complexity index is 409. The molecule has 1 saturated carbocycles. The number of nitrogen functional groups attached to an aromatic ring is 1. The van der Waals surface area contributed by atoms with E-state index in [0.717, 1.165) is 18.5 Å². The summed E-state index contributed by atoms with van der Waals surface area (Å²) in [4.78, 5) is 11.3. The first-order valence-corrected chi connectivity index (χ1v) is 10.2. The van der Waals surface area contributed by atoms with Gasteiger partial charge in [0.2, 0.25) is 5.91 Å². The second kappa shape index (κ2) is 8.79. The maximum atomic E-state index is 11.3. The maximum absolute atomic E-state index is 11.3. The minimum absolute atomic E-state index is 0.116. The van der Waals surface area contributed by atoms with Gasteiger partial charge in [0, 0.05) is 26.1 Å². The van der Waals surface area contributed by atoms with Crippen LogP contribution in [0.4, 0.5) is 11.4 Å². The molecule has 0 saturated heterocycles. The predicted octanol–water partition coefficient (Wildman–Crippen LogP) is 3.89. The van der Waals surface area contributed by atoms with Crippen LogP contribution < -0.4 is 11.1 Å². The van der Waals surface area contributed by atoms with Gasteiger partial charge in [-0.1, -0.05) is 45.0 Å². The molecule has 3 N–H and O–H groups in total. The van der Waals surface area contributed by atoms with Crippen LogP contribution in [0.3, 0.4) is 0 Å². The first-order chi connectivity index (χ1) is 9.60. The second-order valence-electron chi connectivity index (χ2n) is 5.48. The maximum Gasteiger partial charge on any atom is 0.227 e. The molecule has 0 aliphatic heterocycles. The van der Waals surface area contributed by atoms with Crippen molar-refractivity contribution in [2.24, 2.45) is 5.92 Å².